The number of anilines is 1. The predicted octanol–water partition coefficient (Wildman–Crippen LogP) is 1.51. The summed E-state index contributed by atoms with van der Waals surface area (Å²) in [5.41, 5.74) is 0. The van der Waals surface area contributed by atoms with Gasteiger partial charge in [0.2, 0.25) is 11.8 Å². The summed E-state index contributed by atoms with van der Waals surface area (Å²) in [7, 11) is 1.48. The van der Waals surface area contributed by atoms with Crippen LogP contribution < -0.4 is 9.64 Å². The third-order valence-electron chi connectivity index (χ3n) is 3.24. The molecule has 1 aliphatic heterocycles. The smallest absolute Gasteiger partial charge is 0.319 e. The minimum absolute atomic E-state index is 0.253. The Hall–Kier alpha value is -1.64. The zero-order chi connectivity index (χ0) is 15.5. The van der Waals surface area contributed by atoms with Gasteiger partial charge >= 0.3 is 12.3 Å². The first-order valence-corrected chi connectivity index (χ1v) is 6.42. The molecule has 1 aromatic heterocycles. The van der Waals surface area contributed by atoms with Crippen LogP contribution in [0.5, 0.6) is 5.88 Å². The lowest BCUT2D eigenvalue weighted by atomic mass is 10.2. The third kappa shape index (κ3) is 3.93. The van der Waals surface area contributed by atoms with E-state index < -0.39 is 18.9 Å². The summed E-state index contributed by atoms with van der Waals surface area (Å²) in [5, 5.41) is 0. The predicted molar refractivity (Wildman–Crippen MR) is 68.2 cm³/mol. The van der Waals surface area contributed by atoms with E-state index in [1.165, 1.54) is 12.0 Å². The molecule has 118 valence electrons. The van der Waals surface area contributed by atoms with E-state index in [0.29, 0.717) is 24.9 Å². The van der Waals surface area contributed by atoms with E-state index in [0.717, 1.165) is 0 Å². The lowest BCUT2D eigenvalue weighted by Crippen LogP contribution is -2.51. The summed E-state index contributed by atoms with van der Waals surface area (Å²) in [6.07, 6.45) is -2.10. The summed E-state index contributed by atoms with van der Waals surface area (Å²) in [6, 6.07) is 1.60. The average molecular weight is 308 g/mol. The Morgan fingerprint density at radius 3 is 2.52 bits per heavy atom. The van der Waals surface area contributed by atoms with E-state index >= 15 is 0 Å². The molecule has 9 heteroatoms. The Morgan fingerprint density at radius 1 is 1.29 bits per heavy atom. The van der Waals surface area contributed by atoms with Crippen molar-refractivity contribution in [2.24, 2.45) is 0 Å². The number of hydrogen-bond acceptors (Lipinski definition) is 5. The fraction of sp³-hybridized carbons (Fsp3) is 0.667. The van der Waals surface area contributed by atoms with Crippen molar-refractivity contribution in [1.29, 1.82) is 0 Å². The highest BCUT2D eigenvalue weighted by molar-refractivity contribution is 5.32. The van der Waals surface area contributed by atoms with Crippen LogP contribution in [-0.4, -0.2) is 67.0 Å². The molecule has 0 saturated carbocycles. The van der Waals surface area contributed by atoms with Gasteiger partial charge in [-0.1, -0.05) is 0 Å². The van der Waals surface area contributed by atoms with Crippen molar-refractivity contribution in [3.05, 3.63) is 12.3 Å². The van der Waals surface area contributed by atoms with Gasteiger partial charge in [0.15, 0.2) is 0 Å². The first-order chi connectivity index (χ1) is 9.92. The number of halogens is 4. The van der Waals surface area contributed by atoms with Crippen molar-refractivity contribution >= 4 is 5.95 Å². The molecule has 1 aliphatic rings. The summed E-state index contributed by atoms with van der Waals surface area (Å²) in [6.45, 7) is 0.363. The molecule has 0 amide bonds. The Balaban J connectivity index is 1.91. The van der Waals surface area contributed by atoms with Crippen LogP contribution in [0.15, 0.2) is 12.3 Å². The van der Waals surface area contributed by atoms with E-state index in [1.807, 2.05) is 0 Å². The van der Waals surface area contributed by atoms with Gasteiger partial charge in [0, 0.05) is 38.4 Å². The maximum absolute atomic E-state index is 13.0. The highest BCUT2D eigenvalue weighted by atomic mass is 19.3. The first-order valence-electron chi connectivity index (χ1n) is 6.42. The molecule has 0 unspecified atom stereocenters. The van der Waals surface area contributed by atoms with Gasteiger partial charge in [-0.05, 0) is 0 Å². The molecule has 0 spiro atoms. The van der Waals surface area contributed by atoms with Crippen LogP contribution in [0.4, 0.5) is 23.5 Å². The van der Waals surface area contributed by atoms with Gasteiger partial charge in [-0.3, -0.25) is 4.90 Å². The SMILES string of the molecule is COc1ccnc(N2CCN(CC(F)(F)C(F)F)CC2)n1. The topological polar surface area (TPSA) is 41.5 Å². The van der Waals surface area contributed by atoms with Crippen LogP contribution in [0.3, 0.4) is 0 Å². The normalized spacial score (nSPS) is 17.3. The minimum atomic E-state index is -3.98. The van der Waals surface area contributed by atoms with E-state index in [9.17, 15) is 17.6 Å². The fourth-order valence-corrected chi connectivity index (χ4v) is 2.07. The molecular weight excluding hydrogens is 292 g/mol. The maximum atomic E-state index is 13.0. The summed E-state index contributed by atoms with van der Waals surface area (Å²) < 4.78 is 55.3. The molecule has 0 N–H and O–H groups in total. The average Bonchev–Trinajstić information content (AvgIpc) is 2.47. The molecule has 1 aromatic rings. The van der Waals surface area contributed by atoms with Gasteiger partial charge in [0.1, 0.15) is 0 Å². The lowest BCUT2D eigenvalue weighted by Gasteiger charge is -2.36. The standard InChI is InChI=1S/C12H16F4N4O/c1-21-9-2-3-17-11(18-9)20-6-4-19(5-7-20)8-12(15,16)10(13)14/h2-3,10H,4-8H2,1H3. The zero-order valence-corrected chi connectivity index (χ0v) is 11.5. The van der Waals surface area contributed by atoms with Crippen molar-refractivity contribution in [3.8, 4) is 5.88 Å². The van der Waals surface area contributed by atoms with Crippen LogP contribution in [0.25, 0.3) is 0 Å². The van der Waals surface area contributed by atoms with Crippen molar-refractivity contribution in [2.75, 3.05) is 44.7 Å². The Labute approximate surface area is 119 Å². The largest absolute Gasteiger partial charge is 0.481 e. The van der Waals surface area contributed by atoms with Crippen LogP contribution in [0, 0.1) is 0 Å². The van der Waals surface area contributed by atoms with E-state index in [4.69, 9.17) is 4.74 Å². The molecule has 21 heavy (non-hydrogen) atoms. The third-order valence-corrected chi connectivity index (χ3v) is 3.24. The Kier molecular flexibility index (Phi) is 4.81. The van der Waals surface area contributed by atoms with Crippen molar-refractivity contribution < 1.29 is 22.3 Å². The first kappa shape index (κ1) is 15.7. The zero-order valence-electron chi connectivity index (χ0n) is 11.5. The fourth-order valence-electron chi connectivity index (χ4n) is 2.07. The van der Waals surface area contributed by atoms with Gasteiger partial charge in [-0.15, -0.1) is 0 Å². The van der Waals surface area contributed by atoms with Crippen molar-refractivity contribution in [3.63, 3.8) is 0 Å². The van der Waals surface area contributed by atoms with Crippen LogP contribution >= 0.6 is 0 Å². The highest BCUT2D eigenvalue weighted by Gasteiger charge is 2.42. The summed E-state index contributed by atoms with van der Waals surface area (Å²) in [5.74, 6) is -3.13. The second-order valence-corrected chi connectivity index (χ2v) is 4.72. The maximum Gasteiger partial charge on any atom is 0.319 e. The number of hydrogen-bond donors (Lipinski definition) is 0. The van der Waals surface area contributed by atoms with E-state index in [-0.39, 0.29) is 13.1 Å². The Morgan fingerprint density at radius 2 is 1.95 bits per heavy atom. The monoisotopic (exact) mass is 308 g/mol. The quantitative estimate of drug-likeness (QED) is 0.771. The summed E-state index contributed by atoms with van der Waals surface area (Å²) >= 11 is 0. The highest BCUT2D eigenvalue weighted by Crippen LogP contribution is 2.25. The molecule has 0 aliphatic carbocycles. The second-order valence-electron chi connectivity index (χ2n) is 4.72. The van der Waals surface area contributed by atoms with Crippen LogP contribution in [-0.2, 0) is 0 Å². The lowest BCUT2D eigenvalue weighted by molar-refractivity contribution is -0.142. The van der Waals surface area contributed by atoms with Crippen LogP contribution in [0.2, 0.25) is 0 Å². The van der Waals surface area contributed by atoms with Gasteiger partial charge < -0.3 is 9.64 Å². The summed E-state index contributed by atoms with van der Waals surface area (Å²) in [4.78, 5) is 11.4. The molecule has 0 aromatic carbocycles. The Bertz CT molecular complexity index is 466. The number of methoxy groups -OCH3 is 1. The van der Waals surface area contributed by atoms with Crippen molar-refractivity contribution in [2.45, 2.75) is 12.3 Å². The van der Waals surface area contributed by atoms with Gasteiger partial charge in [0.25, 0.3) is 0 Å². The van der Waals surface area contributed by atoms with Crippen molar-refractivity contribution in [1.82, 2.24) is 14.9 Å². The van der Waals surface area contributed by atoms with Gasteiger partial charge in [-0.25, -0.2) is 13.8 Å². The number of aromatic nitrogens is 2. The number of alkyl halides is 4. The molecule has 1 saturated heterocycles. The molecule has 2 rings (SSSR count). The molecule has 1 fully saturated rings. The molecule has 0 radical (unpaired) electrons. The number of piperazine rings is 1. The molecule has 0 atom stereocenters. The molecule has 0 bridgehead atoms. The van der Waals surface area contributed by atoms with E-state index in [2.05, 4.69) is 9.97 Å². The second kappa shape index (κ2) is 6.42. The van der Waals surface area contributed by atoms with Gasteiger partial charge in [0.05, 0.1) is 13.7 Å². The van der Waals surface area contributed by atoms with Gasteiger partial charge in [-0.2, -0.15) is 13.8 Å². The molecule has 5 nitrogen and oxygen atoms in total. The number of nitrogens with zero attached hydrogens (tertiary/aromatic N) is 4. The number of ether oxygens (including phenoxy) is 1. The van der Waals surface area contributed by atoms with Crippen LogP contribution in [0.1, 0.15) is 0 Å². The minimum Gasteiger partial charge on any atom is -0.481 e. The van der Waals surface area contributed by atoms with E-state index in [1.54, 1.807) is 17.2 Å². The number of rotatable bonds is 5. The molecular formula is C12H16F4N4O. The molecule has 2 heterocycles.